The van der Waals surface area contributed by atoms with Crippen LogP contribution < -0.4 is 10.5 Å². The van der Waals surface area contributed by atoms with E-state index in [-0.39, 0.29) is 5.56 Å². The fraction of sp³-hybridized carbons (Fsp3) is 0.500. The number of nitrogens with zero attached hydrogens (tertiary/aromatic N) is 5. The van der Waals surface area contributed by atoms with E-state index in [2.05, 4.69) is 39.2 Å². The molecule has 0 aromatic carbocycles. The highest BCUT2D eigenvalue weighted by atomic mass is 16.1. The average Bonchev–Trinajstić information content (AvgIpc) is 3.38. The van der Waals surface area contributed by atoms with Gasteiger partial charge in [0.2, 0.25) is 0 Å². The molecule has 0 atom stereocenters. The Bertz CT molecular complexity index is 747. The van der Waals surface area contributed by atoms with Gasteiger partial charge in [0, 0.05) is 50.4 Å². The smallest absolute Gasteiger partial charge is 0.250 e. The number of aromatic nitrogens is 3. The van der Waals surface area contributed by atoms with Crippen LogP contribution in [0.3, 0.4) is 0 Å². The Kier molecular flexibility index (Phi) is 4.06. The number of hydrogen-bond acceptors (Lipinski definition) is 5. The summed E-state index contributed by atoms with van der Waals surface area (Å²) in [7, 11) is 2.12. The molecule has 0 amide bonds. The van der Waals surface area contributed by atoms with Crippen LogP contribution in [0.1, 0.15) is 24.5 Å². The second kappa shape index (κ2) is 6.36. The minimum atomic E-state index is 0.0622. The van der Waals surface area contributed by atoms with Crippen LogP contribution in [0.2, 0.25) is 0 Å². The molecule has 24 heavy (non-hydrogen) atoms. The third-order valence-corrected chi connectivity index (χ3v) is 5.07. The largest absolute Gasteiger partial charge is 0.352 e. The van der Waals surface area contributed by atoms with Gasteiger partial charge in [-0.15, -0.1) is 5.10 Å². The number of hydrogen-bond donors (Lipinski definition) is 0. The van der Waals surface area contributed by atoms with Gasteiger partial charge in [0.1, 0.15) is 0 Å². The van der Waals surface area contributed by atoms with Crippen molar-refractivity contribution in [3.8, 4) is 0 Å². The molecule has 0 bridgehead atoms. The second-order valence-corrected chi connectivity index (χ2v) is 6.86. The first-order valence-corrected chi connectivity index (χ1v) is 8.65. The lowest BCUT2D eigenvalue weighted by atomic mass is 10.1. The van der Waals surface area contributed by atoms with Crippen molar-refractivity contribution in [1.29, 1.82) is 0 Å². The molecule has 0 radical (unpaired) electrons. The lowest BCUT2D eigenvalue weighted by Gasteiger charge is -2.44. The third kappa shape index (κ3) is 3.19. The van der Waals surface area contributed by atoms with E-state index < -0.39 is 0 Å². The van der Waals surface area contributed by atoms with E-state index in [9.17, 15) is 4.79 Å². The molecule has 0 spiro atoms. The standard InChI is InChI=1S/C18H23N5O/c1-21(10-11-22-9-3-2-4-18(22)24)15-12-23(13-15)17-8-7-16(19-20-17)14-5-6-14/h2-4,7-9,14-15H,5-6,10-13H2,1H3. The maximum atomic E-state index is 11.7. The highest BCUT2D eigenvalue weighted by Gasteiger charge is 2.31. The molecular formula is C18H23N5O. The van der Waals surface area contributed by atoms with E-state index in [4.69, 9.17) is 0 Å². The normalized spacial score (nSPS) is 18.0. The first kappa shape index (κ1) is 15.3. The highest BCUT2D eigenvalue weighted by Crippen LogP contribution is 2.38. The van der Waals surface area contributed by atoms with E-state index in [1.54, 1.807) is 16.7 Å². The second-order valence-electron chi connectivity index (χ2n) is 6.86. The van der Waals surface area contributed by atoms with Gasteiger partial charge in [-0.3, -0.25) is 9.69 Å². The maximum Gasteiger partial charge on any atom is 0.250 e. The van der Waals surface area contributed by atoms with E-state index >= 15 is 0 Å². The average molecular weight is 325 g/mol. The fourth-order valence-corrected chi connectivity index (χ4v) is 3.12. The van der Waals surface area contributed by atoms with Gasteiger partial charge in [-0.1, -0.05) is 6.07 Å². The zero-order valence-corrected chi connectivity index (χ0v) is 14.0. The molecule has 126 valence electrons. The monoisotopic (exact) mass is 325 g/mol. The Morgan fingerprint density at radius 3 is 2.67 bits per heavy atom. The summed E-state index contributed by atoms with van der Waals surface area (Å²) in [6.45, 7) is 3.53. The molecule has 2 aliphatic rings. The summed E-state index contributed by atoms with van der Waals surface area (Å²) in [5.41, 5.74) is 1.20. The van der Waals surface area contributed by atoms with Crippen molar-refractivity contribution in [2.75, 3.05) is 31.6 Å². The maximum absolute atomic E-state index is 11.7. The predicted octanol–water partition coefficient (Wildman–Crippen LogP) is 1.34. The van der Waals surface area contributed by atoms with Gasteiger partial charge in [0.05, 0.1) is 5.69 Å². The number of likely N-dealkylation sites (N-methyl/N-ethyl adjacent to an activating group) is 1. The molecule has 1 saturated carbocycles. The zero-order chi connectivity index (χ0) is 16.5. The summed E-state index contributed by atoms with van der Waals surface area (Å²) in [5.74, 6) is 1.63. The van der Waals surface area contributed by atoms with Crippen LogP contribution in [0.15, 0.2) is 41.3 Å². The van der Waals surface area contributed by atoms with E-state index in [1.807, 2.05) is 12.3 Å². The zero-order valence-electron chi connectivity index (χ0n) is 14.0. The molecule has 6 nitrogen and oxygen atoms in total. The SMILES string of the molecule is CN(CCn1ccccc1=O)C1CN(c2ccc(C3CC3)nn2)C1. The Morgan fingerprint density at radius 2 is 2.00 bits per heavy atom. The van der Waals surface area contributed by atoms with Gasteiger partial charge in [0.15, 0.2) is 5.82 Å². The van der Waals surface area contributed by atoms with Crippen LogP contribution in [0.4, 0.5) is 5.82 Å². The lowest BCUT2D eigenvalue weighted by molar-refractivity contribution is 0.197. The molecule has 1 saturated heterocycles. The van der Waals surface area contributed by atoms with Gasteiger partial charge in [0.25, 0.3) is 5.56 Å². The van der Waals surface area contributed by atoms with Gasteiger partial charge in [-0.25, -0.2) is 0 Å². The third-order valence-electron chi connectivity index (χ3n) is 5.07. The Balaban J connectivity index is 1.27. The Morgan fingerprint density at radius 1 is 1.17 bits per heavy atom. The van der Waals surface area contributed by atoms with Gasteiger partial charge in [-0.05, 0) is 38.1 Å². The van der Waals surface area contributed by atoms with Crippen molar-refractivity contribution in [3.05, 3.63) is 52.6 Å². The number of pyridine rings is 1. The molecule has 2 aromatic heterocycles. The summed E-state index contributed by atoms with van der Waals surface area (Å²) >= 11 is 0. The van der Waals surface area contributed by atoms with Crippen LogP contribution in [0.25, 0.3) is 0 Å². The first-order chi connectivity index (χ1) is 11.7. The predicted molar refractivity (Wildman–Crippen MR) is 93.3 cm³/mol. The van der Waals surface area contributed by atoms with Crippen molar-refractivity contribution >= 4 is 5.82 Å². The Labute approximate surface area is 141 Å². The number of anilines is 1. The van der Waals surface area contributed by atoms with Gasteiger partial charge in [-0.2, -0.15) is 5.10 Å². The minimum absolute atomic E-state index is 0.0622. The van der Waals surface area contributed by atoms with Gasteiger partial charge >= 0.3 is 0 Å². The van der Waals surface area contributed by atoms with Crippen LogP contribution in [0, 0.1) is 0 Å². The topological polar surface area (TPSA) is 54.3 Å². The molecule has 0 unspecified atom stereocenters. The molecule has 6 heteroatoms. The van der Waals surface area contributed by atoms with Crippen molar-refractivity contribution in [1.82, 2.24) is 19.7 Å². The summed E-state index contributed by atoms with van der Waals surface area (Å²) < 4.78 is 1.76. The molecule has 1 aliphatic heterocycles. The van der Waals surface area contributed by atoms with Crippen molar-refractivity contribution < 1.29 is 0 Å². The van der Waals surface area contributed by atoms with E-state index in [0.717, 1.165) is 37.7 Å². The molecule has 3 heterocycles. The van der Waals surface area contributed by atoms with Crippen molar-refractivity contribution in [2.45, 2.75) is 31.3 Å². The van der Waals surface area contributed by atoms with E-state index in [0.29, 0.717) is 12.0 Å². The quantitative estimate of drug-likeness (QED) is 0.802. The highest BCUT2D eigenvalue weighted by molar-refractivity contribution is 5.42. The lowest BCUT2D eigenvalue weighted by Crippen LogP contribution is -2.59. The number of rotatable bonds is 6. The first-order valence-electron chi connectivity index (χ1n) is 8.65. The molecule has 0 N–H and O–H groups in total. The fourth-order valence-electron chi connectivity index (χ4n) is 3.12. The van der Waals surface area contributed by atoms with Crippen LogP contribution in [0.5, 0.6) is 0 Å². The summed E-state index contributed by atoms with van der Waals surface area (Å²) in [6.07, 6.45) is 4.37. The van der Waals surface area contributed by atoms with Crippen molar-refractivity contribution in [2.24, 2.45) is 0 Å². The molecule has 1 aliphatic carbocycles. The summed E-state index contributed by atoms with van der Waals surface area (Å²) in [4.78, 5) is 16.3. The molecule has 2 aromatic rings. The molecule has 2 fully saturated rings. The van der Waals surface area contributed by atoms with Crippen LogP contribution >= 0.6 is 0 Å². The Hall–Kier alpha value is -2.21. The van der Waals surface area contributed by atoms with E-state index in [1.165, 1.54) is 12.8 Å². The van der Waals surface area contributed by atoms with Crippen molar-refractivity contribution in [3.63, 3.8) is 0 Å². The van der Waals surface area contributed by atoms with Crippen LogP contribution in [-0.4, -0.2) is 52.4 Å². The minimum Gasteiger partial charge on any atom is -0.352 e. The summed E-state index contributed by atoms with van der Waals surface area (Å²) in [6, 6.07) is 10.0. The molecular weight excluding hydrogens is 302 g/mol. The summed E-state index contributed by atoms with van der Waals surface area (Å²) in [5, 5.41) is 8.73. The molecule has 4 rings (SSSR count). The van der Waals surface area contributed by atoms with Gasteiger partial charge < -0.3 is 9.47 Å². The van der Waals surface area contributed by atoms with Crippen LogP contribution in [-0.2, 0) is 6.54 Å².